The maximum atomic E-state index is 12.0. The highest BCUT2D eigenvalue weighted by Gasteiger charge is 2.20. The lowest BCUT2D eigenvalue weighted by atomic mass is 10.1. The summed E-state index contributed by atoms with van der Waals surface area (Å²) >= 11 is 5.00. The molecule has 0 bridgehead atoms. The molecule has 6 heteroatoms. The van der Waals surface area contributed by atoms with Gasteiger partial charge in [-0.25, -0.2) is 9.78 Å². The Kier molecular flexibility index (Phi) is 6.38. The second-order valence-corrected chi connectivity index (χ2v) is 4.91. The second kappa shape index (κ2) is 7.79. The van der Waals surface area contributed by atoms with Gasteiger partial charge in [0.05, 0.1) is 11.6 Å². The van der Waals surface area contributed by atoms with Gasteiger partial charge in [-0.2, -0.15) is 0 Å². The van der Waals surface area contributed by atoms with Gasteiger partial charge in [-0.05, 0) is 26.0 Å². The number of ether oxygens (including phenoxy) is 1. The highest BCUT2D eigenvalue weighted by molar-refractivity contribution is 7.80. The number of carbonyl (C=O) groups is 1. The SMILES string of the molecule is CCOC(=O)c1cccnc1N(CC)CC(C)C(N)=S. The van der Waals surface area contributed by atoms with Crippen LogP contribution < -0.4 is 10.6 Å². The van der Waals surface area contributed by atoms with E-state index in [1.165, 1.54) is 0 Å². The van der Waals surface area contributed by atoms with Crippen LogP contribution in [0.15, 0.2) is 18.3 Å². The Bertz CT molecular complexity index is 479. The molecular weight excluding hydrogens is 274 g/mol. The molecule has 1 atom stereocenters. The first-order valence-electron chi connectivity index (χ1n) is 6.67. The van der Waals surface area contributed by atoms with E-state index in [0.29, 0.717) is 36.1 Å². The maximum absolute atomic E-state index is 12.0. The Morgan fingerprint density at radius 3 is 2.80 bits per heavy atom. The molecule has 0 fully saturated rings. The van der Waals surface area contributed by atoms with E-state index >= 15 is 0 Å². The Hall–Kier alpha value is -1.69. The van der Waals surface area contributed by atoms with Crippen molar-refractivity contribution in [3.8, 4) is 0 Å². The van der Waals surface area contributed by atoms with Crippen LogP contribution in [0.5, 0.6) is 0 Å². The van der Waals surface area contributed by atoms with Gasteiger partial charge in [0.15, 0.2) is 0 Å². The molecule has 2 N–H and O–H groups in total. The molecule has 20 heavy (non-hydrogen) atoms. The van der Waals surface area contributed by atoms with E-state index in [0.717, 1.165) is 0 Å². The molecule has 1 aromatic heterocycles. The molecule has 0 saturated carbocycles. The summed E-state index contributed by atoms with van der Waals surface area (Å²) < 4.78 is 5.06. The highest BCUT2D eigenvalue weighted by Crippen LogP contribution is 2.19. The topological polar surface area (TPSA) is 68.5 Å². The summed E-state index contributed by atoms with van der Waals surface area (Å²) in [5.41, 5.74) is 6.12. The van der Waals surface area contributed by atoms with E-state index in [-0.39, 0.29) is 11.9 Å². The van der Waals surface area contributed by atoms with Crippen molar-refractivity contribution in [2.75, 3.05) is 24.6 Å². The third-order valence-corrected chi connectivity index (χ3v) is 3.35. The molecule has 0 radical (unpaired) electrons. The molecule has 1 heterocycles. The van der Waals surface area contributed by atoms with Gasteiger partial charge >= 0.3 is 5.97 Å². The lowest BCUT2D eigenvalue weighted by Crippen LogP contribution is -2.35. The van der Waals surface area contributed by atoms with Gasteiger partial charge in [-0.3, -0.25) is 0 Å². The molecule has 1 rings (SSSR count). The zero-order chi connectivity index (χ0) is 15.1. The summed E-state index contributed by atoms with van der Waals surface area (Å²) in [5, 5.41) is 0. The number of hydrogen-bond acceptors (Lipinski definition) is 5. The zero-order valence-electron chi connectivity index (χ0n) is 12.1. The number of thiocarbonyl (C=S) groups is 1. The Morgan fingerprint density at radius 1 is 1.55 bits per heavy atom. The Labute approximate surface area is 125 Å². The molecule has 1 aromatic rings. The summed E-state index contributed by atoms with van der Waals surface area (Å²) in [6.45, 7) is 7.39. The summed E-state index contributed by atoms with van der Waals surface area (Å²) in [6, 6.07) is 3.44. The number of pyridine rings is 1. The normalized spacial score (nSPS) is 11.8. The number of hydrogen-bond donors (Lipinski definition) is 1. The minimum absolute atomic E-state index is 0.0435. The number of anilines is 1. The van der Waals surface area contributed by atoms with Crippen LogP contribution in [-0.2, 0) is 4.74 Å². The van der Waals surface area contributed by atoms with Crippen LogP contribution in [0.4, 0.5) is 5.82 Å². The fraction of sp³-hybridized carbons (Fsp3) is 0.500. The van der Waals surface area contributed by atoms with E-state index < -0.39 is 0 Å². The molecule has 0 aromatic carbocycles. The van der Waals surface area contributed by atoms with Gasteiger partial charge < -0.3 is 15.4 Å². The first kappa shape index (κ1) is 16.4. The number of nitrogens with zero attached hydrogens (tertiary/aromatic N) is 2. The summed E-state index contributed by atoms with van der Waals surface area (Å²) in [7, 11) is 0. The van der Waals surface area contributed by atoms with E-state index in [4.69, 9.17) is 22.7 Å². The van der Waals surface area contributed by atoms with E-state index in [1.807, 2.05) is 18.7 Å². The first-order chi connectivity index (χ1) is 9.51. The van der Waals surface area contributed by atoms with Gasteiger partial charge in [-0.15, -0.1) is 0 Å². The average molecular weight is 295 g/mol. The van der Waals surface area contributed by atoms with Crippen LogP contribution >= 0.6 is 12.2 Å². The lowest BCUT2D eigenvalue weighted by Gasteiger charge is -2.26. The van der Waals surface area contributed by atoms with Gasteiger partial charge in [0, 0.05) is 25.2 Å². The van der Waals surface area contributed by atoms with E-state index in [1.54, 1.807) is 25.3 Å². The first-order valence-corrected chi connectivity index (χ1v) is 7.08. The van der Waals surface area contributed by atoms with Crippen LogP contribution in [0.1, 0.15) is 31.1 Å². The lowest BCUT2D eigenvalue weighted by molar-refractivity contribution is 0.0526. The van der Waals surface area contributed by atoms with Crippen molar-refractivity contribution in [2.24, 2.45) is 11.7 Å². The fourth-order valence-electron chi connectivity index (χ4n) is 1.80. The largest absolute Gasteiger partial charge is 0.462 e. The number of esters is 1. The summed E-state index contributed by atoms with van der Waals surface area (Å²) in [4.78, 5) is 18.7. The van der Waals surface area contributed by atoms with Crippen LogP contribution in [0.2, 0.25) is 0 Å². The number of nitrogens with two attached hydrogens (primary N) is 1. The third-order valence-electron chi connectivity index (χ3n) is 2.94. The van der Waals surface area contributed by atoms with E-state index in [9.17, 15) is 4.79 Å². The van der Waals surface area contributed by atoms with Crippen LogP contribution in [-0.4, -0.2) is 35.6 Å². The standard InChI is InChI=1S/C14H21N3O2S/c1-4-17(9-10(3)12(15)20)13-11(7-6-8-16-13)14(18)19-5-2/h6-8,10H,4-5,9H2,1-3H3,(H2,15,20). The van der Waals surface area contributed by atoms with Crippen molar-refractivity contribution in [1.29, 1.82) is 0 Å². The molecule has 0 aliphatic heterocycles. The van der Waals surface area contributed by atoms with Crippen molar-refractivity contribution >= 4 is 29.0 Å². The number of aromatic nitrogens is 1. The Morgan fingerprint density at radius 2 is 2.25 bits per heavy atom. The fourth-order valence-corrected chi connectivity index (χ4v) is 1.88. The third kappa shape index (κ3) is 4.16. The molecule has 0 aliphatic rings. The zero-order valence-corrected chi connectivity index (χ0v) is 12.9. The van der Waals surface area contributed by atoms with Gasteiger partial charge in [0.2, 0.25) is 0 Å². The number of rotatable bonds is 7. The van der Waals surface area contributed by atoms with Gasteiger partial charge in [0.25, 0.3) is 0 Å². The maximum Gasteiger partial charge on any atom is 0.341 e. The molecule has 110 valence electrons. The predicted octanol–water partition coefficient (Wildman–Crippen LogP) is 2.01. The van der Waals surface area contributed by atoms with Crippen LogP contribution in [0.3, 0.4) is 0 Å². The second-order valence-electron chi connectivity index (χ2n) is 4.44. The Balaban J connectivity index is 3.03. The molecule has 0 amide bonds. The molecular formula is C14H21N3O2S. The van der Waals surface area contributed by atoms with Gasteiger partial charge in [-0.1, -0.05) is 19.1 Å². The van der Waals surface area contributed by atoms with Gasteiger partial charge in [0.1, 0.15) is 11.4 Å². The van der Waals surface area contributed by atoms with Crippen LogP contribution in [0, 0.1) is 5.92 Å². The van der Waals surface area contributed by atoms with Crippen molar-refractivity contribution in [1.82, 2.24) is 4.98 Å². The monoisotopic (exact) mass is 295 g/mol. The quantitative estimate of drug-likeness (QED) is 0.613. The minimum Gasteiger partial charge on any atom is -0.462 e. The average Bonchev–Trinajstić information content (AvgIpc) is 2.44. The van der Waals surface area contributed by atoms with Crippen molar-refractivity contribution in [3.05, 3.63) is 23.9 Å². The molecule has 5 nitrogen and oxygen atoms in total. The van der Waals surface area contributed by atoms with E-state index in [2.05, 4.69) is 4.98 Å². The summed E-state index contributed by atoms with van der Waals surface area (Å²) in [6.07, 6.45) is 1.66. The molecule has 0 aliphatic carbocycles. The number of carbonyl (C=O) groups excluding carboxylic acids is 1. The summed E-state index contributed by atoms with van der Waals surface area (Å²) in [5.74, 6) is 0.288. The van der Waals surface area contributed by atoms with Crippen molar-refractivity contribution in [3.63, 3.8) is 0 Å². The smallest absolute Gasteiger partial charge is 0.341 e. The van der Waals surface area contributed by atoms with Crippen molar-refractivity contribution < 1.29 is 9.53 Å². The van der Waals surface area contributed by atoms with Crippen molar-refractivity contribution in [2.45, 2.75) is 20.8 Å². The minimum atomic E-state index is -0.364. The predicted molar refractivity (Wildman–Crippen MR) is 84.0 cm³/mol. The molecule has 0 spiro atoms. The molecule has 1 unspecified atom stereocenters. The molecule has 0 saturated heterocycles. The van der Waals surface area contributed by atoms with Crippen LogP contribution in [0.25, 0.3) is 0 Å². The highest BCUT2D eigenvalue weighted by atomic mass is 32.1.